The number of nitrogens with zero attached hydrogens (tertiary/aromatic N) is 3. The van der Waals surface area contributed by atoms with Crippen molar-refractivity contribution in [3.05, 3.63) is 47.9 Å². The molecule has 0 bridgehead atoms. The van der Waals surface area contributed by atoms with Gasteiger partial charge in [-0.25, -0.2) is 0 Å². The largest absolute Gasteiger partial charge is 0.371 e. The highest BCUT2D eigenvalue weighted by Gasteiger charge is 2.31. The highest BCUT2D eigenvalue weighted by molar-refractivity contribution is 5.92. The molecule has 4 rings (SSSR count). The van der Waals surface area contributed by atoms with Crippen LogP contribution in [0.2, 0.25) is 0 Å². The maximum absolute atomic E-state index is 12.6. The van der Waals surface area contributed by atoms with Gasteiger partial charge in [-0.05, 0) is 37.8 Å². The van der Waals surface area contributed by atoms with E-state index in [2.05, 4.69) is 41.4 Å². The summed E-state index contributed by atoms with van der Waals surface area (Å²) in [7, 11) is 2.14. The van der Waals surface area contributed by atoms with E-state index in [0.29, 0.717) is 17.7 Å². The number of rotatable bonds is 4. The van der Waals surface area contributed by atoms with Gasteiger partial charge in [0, 0.05) is 43.9 Å². The van der Waals surface area contributed by atoms with Gasteiger partial charge in [0.1, 0.15) is 5.76 Å². The zero-order chi connectivity index (χ0) is 16.5. The first kappa shape index (κ1) is 15.2. The van der Waals surface area contributed by atoms with Crippen LogP contribution in [0, 0.1) is 0 Å². The predicted molar refractivity (Wildman–Crippen MR) is 92.2 cm³/mol. The van der Waals surface area contributed by atoms with Gasteiger partial charge in [-0.3, -0.25) is 4.79 Å². The van der Waals surface area contributed by atoms with Crippen LogP contribution in [0.25, 0.3) is 0 Å². The Balaban J connectivity index is 1.36. The van der Waals surface area contributed by atoms with Gasteiger partial charge in [0.2, 0.25) is 0 Å². The molecular weight excluding hydrogens is 302 g/mol. The standard InChI is InChI=1S/C19H23N3O2/c1-21(15-5-3-2-4-6-15)16-9-11-22(12-10-16)19(23)17-13-18(24-20-17)14-7-8-14/h2-6,13-14,16H,7-12H2,1H3. The van der Waals surface area contributed by atoms with E-state index in [1.165, 1.54) is 5.69 Å². The van der Waals surface area contributed by atoms with Gasteiger partial charge in [-0.2, -0.15) is 0 Å². The number of para-hydroxylation sites is 1. The molecule has 24 heavy (non-hydrogen) atoms. The zero-order valence-corrected chi connectivity index (χ0v) is 14.0. The summed E-state index contributed by atoms with van der Waals surface area (Å²) in [5.41, 5.74) is 1.69. The first-order valence-electron chi connectivity index (χ1n) is 8.76. The second kappa shape index (κ2) is 6.30. The van der Waals surface area contributed by atoms with E-state index in [9.17, 15) is 4.79 Å². The summed E-state index contributed by atoms with van der Waals surface area (Å²) in [6.45, 7) is 1.54. The maximum atomic E-state index is 12.6. The Morgan fingerprint density at radius 2 is 1.88 bits per heavy atom. The van der Waals surface area contributed by atoms with E-state index in [1.54, 1.807) is 0 Å². The molecule has 2 aliphatic rings. The number of carbonyl (C=O) groups excluding carboxylic acids is 1. The molecule has 1 aliphatic carbocycles. The van der Waals surface area contributed by atoms with E-state index in [-0.39, 0.29) is 5.91 Å². The molecule has 0 radical (unpaired) electrons. The SMILES string of the molecule is CN(c1ccccc1)C1CCN(C(=O)c2cc(C3CC3)on2)CC1. The number of piperidine rings is 1. The van der Waals surface area contributed by atoms with Crippen molar-refractivity contribution in [2.75, 3.05) is 25.0 Å². The lowest BCUT2D eigenvalue weighted by molar-refractivity contribution is 0.0702. The lowest BCUT2D eigenvalue weighted by Crippen LogP contribution is -2.45. The molecule has 0 atom stereocenters. The molecule has 1 saturated heterocycles. The molecule has 0 N–H and O–H groups in total. The van der Waals surface area contributed by atoms with Crippen molar-refractivity contribution >= 4 is 11.6 Å². The molecule has 1 aliphatic heterocycles. The highest BCUT2D eigenvalue weighted by Crippen LogP contribution is 2.40. The van der Waals surface area contributed by atoms with Gasteiger partial charge >= 0.3 is 0 Å². The van der Waals surface area contributed by atoms with Crippen molar-refractivity contribution in [1.82, 2.24) is 10.1 Å². The molecular formula is C19H23N3O2. The smallest absolute Gasteiger partial charge is 0.276 e. The van der Waals surface area contributed by atoms with Crippen LogP contribution in [-0.2, 0) is 0 Å². The minimum Gasteiger partial charge on any atom is -0.371 e. The van der Waals surface area contributed by atoms with E-state index in [0.717, 1.165) is 44.5 Å². The number of hydrogen-bond acceptors (Lipinski definition) is 4. The molecule has 2 aromatic rings. The number of likely N-dealkylation sites (tertiary alicyclic amines) is 1. The third kappa shape index (κ3) is 3.03. The Kier molecular flexibility index (Phi) is 4.00. The van der Waals surface area contributed by atoms with Crippen LogP contribution in [0.4, 0.5) is 5.69 Å². The van der Waals surface area contributed by atoms with E-state index in [1.807, 2.05) is 17.0 Å². The molecule has 2 fully saturated rings. The Bertz CT molecular complexity index is 700. The fourth-order valence-electron chi connectivity index (χ4n) is 3.44. The zero-order valence-electron chi connectivity index (χ0n) is 14.0. The van der Waals surface area contributed by atoms with Crippen molar-refractivity contribution in [2.24, 2.45) is 0 Å². The molecule has 1 aromatic heterocycles. The van der Waals surface area contributed by atoms with Crippen molar-refractivity contribution in [2.45, 2.75) is 37.6 Å². The molecule has 126 valence electrons. The maximum Gasteiger partial charge on any atom is 0.276 e. The lowest BCUT2D eigenvalue weighted by atomic mass is 10.0. The van der Waals surface area contributed by atoms with Gasteiger partial charge < -0.3 is 14.3 Å². The third-order valence-electron chi connectivity index (χ3n) is 5.19. The second-order valence-electron chi connectivity index (χ2n) is 6.86. The molecule has 1 saturated carbocycles. The topological polar surface area (TPSA) is 49.6 Å². The van der Waals surface area contributed by atoms with Gasteiger partial charge in [-0.15, -0.1) is 0 Å². The molecule has 5 nitrogen and oxygen atoms in total. The number of aromatic nitrogens is 1. The quantitative estimate of drug-likeness (QED) is 0.865. The number of amides is 1. The Labute approximate surface area is 142 Å². The number of hydrogen-bond donors (Lipinski definition) is 0. The summed E-state index contributed by atoms with van der Waals surface area (Å²) in [5.74, 6) is 1.37. The Hall–Kier alpha value is -2.30. The summed E-state index contributed by atoms with van der Waals surface area (Å²) in [5, 5.41) is 3.98. The van der Waals surface area contributed by atoms with Gasteiger partial charge in [0.25, 0.3) is 5.91 Å². The van der Waals surface area contributed by atoms with Crippen molar-refractivity contribution < 1.29 is 9.32 Å². The monoisotopic (exact) mass is 325 g/mol. The van der Waals surface area contributed by atoms with Crippen LogP contribution in [0.3, 0.4) is 0 Å². The molecule has 0 unspecified atom stereocenters. The average Bonchev–Trinajstić information content (AvgIpc) is 3.38. The summed E-state index contributed by atoms with van der Waals surface area (Å²) in [6, 6.07) is 12.7. The molecule has 2 heterocycles. The van der Waals surface area contributed by atoms with Crippen LogP contribution in [-0.4, -0.2) is 42.1 Å². The van der Waals surface area contributed by atoms with Crippen LogP contribution in [0.1, 0.15) is 47.8 Å². The van der Waals surface area contributed by atoms with Crippen molar-refractivity contribution in [1.29, 1.82) is 0 Å². The third-order valence-corrected chi connectivity index (χ3v) is 5.19. The van der Waals surface area contributed by atoms with Gasteiger partial charge in [0.05, 0.1) is 0 Å². The van der Waals surface area contributed by atoms with Crippen LogP contribution in [0.5, 0.6) is 0 Å². The molecule has 1 aromatic carbocycles. The minimum absolute atomic E-state index is 0.00599. The Morgan fingerprint density at radius 3 is 2.54 bits per heavy atom. The summed E-state index contributed by atoms with van der Waals surface area (Å²) in [6.07, 6.45) is 4.26. The average molecular weight is 325 g/mol. The molecule has 5 heteroatoms. The first-order valence-corrected chi connectivity index (χ1v) is 8.76. The van der Waals surface area contributed by atoms with Crippen LogP contribution >= 0.6 is 0 Å². The van der Waals surface area contributed by atoms with Gasteiger partial charge in [-0.1, -0.05) is 23.4 Å². The van der Waals surface area contributed by atoms with E-state index >= 15 is 0 Å². The lowest BCUT2D eigenvalue weighted by Gasteiger charge is -2.37. The van der Waals surface area contributed by atoms with Crippen molar-refractivity contribution in [3.8, 4) is 0 Å². The first-order chi connectivity index (χ1) is 11.7. The predicted octanol–water partition coefficient (Wildman–Crippen LogP) is 3.29. The normalized spacial score (nSPS) is 18.6. The second-order valence-corrected chi connectivity index (χ2v) is 6.86. The van der Waals surface area contributed by atoms with Gasteiger partial charge in [0.15, 0.2) is 5.69 Å². The fraction of sp³-hybridized carbons (Fsp3) is 0.474. The Morgan fingerprint density at radius 1 is 1.17 bits per heavy atom. The summed E-state index contributed by atoms with van der Waals surface area (Å²) >= 11 is 0. The minimum atomic E-state index is 0.00599. The molecule has 1 amide bonds. The van der Waals surface area contributed by atoms with Crippen LogP contribution < -0.4 is 4.90 Å². The number of anilines is 1. The summed E-state index contributed by atoms with van der Waals surface area (Å²) < 4.78 is 5.31. The number of benzene rings is 1. The molecule has 0 spiro atoms. The van der Waals surface area contributed by atoms with E-state index < -0.39 is 0 Å². The van der Waals surface area contributed by atoms with Crippen LogP contribution in [0.15, 0.2) is 40.9 Å². The summed E-state index contributed by atoms with van der Waals surface area (Å²) in [4.78, 5) is 16.8. The highest BCUT2D eigenvalue weighted by atomic mass is 16.5. The van der Waals surface area contributed by atoms with E-state index in [4.69, 9.17) is 4.52 Å². The number of carbonyl (C=O) groups is 1. The fourth-order valence-corrected chi connectivity index (χ4v) is 3.44. The van der Waals surface area contributed by atoms with Crippen molar-refractivity contribution in [3.63, 3.8) is 0 Å².